The van der Waals surface area contributed by atoms with Crippen molar-refractivity contribution in [2.75, 3.05) is 6.54 Å². The van der Waals surface area contributed by atoms with Crippen LogP contribution in [0.5, 0.6) is 0 Å². The number of benzene rings is 1. The molecule has 1 aromatic heterocycles. The largest absolute Gasteiger partial charge is 0.328 e. The number of hydrogen-bond acceptors (Lipinski definition) is 2. The molecule has 2 rings (SSSR count). The zero-order chi connectivity index (χ0) is 14.2. The Hall–Kier alpha value is -1.07. The van der Waals surface area contributed by atoms with Crippen LogP contribution >= 0.6 is 15.9 Å². The van der Waals surface area contributed by atoms with Gasteiger partial charge in [0.15, 0.2) is 0 Å². The number of nitrogens with one attached hydrogen (secondary N) is 1. The van der Waals surface area contributed by atoms with Gasteiger partial charge in [-0.2, -0.15) is 0 Å². The molecule has 0 radical (unpaired) electrons. The fraction of sp³-hybridized carbons (Fsp3) is 0.500. The van der Waals surface area contributed by atoms with Gasteiger partial charge < -0.3 is 5.32 Å². The third kappa shape index (κ3) is 2.49. The Morgan fingerprint density at radius 2 is 1.84 bits per heavy atom. The van der Waals surface area contributed by atoms with Crippen molar-refractivity contribution in [3.63, 3.8) is 0 Å². The molecule has 1 aromatic carbocycles. The minimum atomic E-state index is 0.00761. The van der Waals surface area contributed by atoms with Gasteiger partial charge in [0.1, 0.15) is 0 Å². The molecule has 1 unspecified atom stereocenters. The summed E-state index contributed by atoms with van der Waals surface area (Å²) in [6.45, 7) is 5.28. The first-order valence-corrected chi connectivity index (χ1v) is 7.35. The molecule has 0 saturated heterocycles. The summed E-state index contributed by atoms with van der Waals surface area (Å²) in [5, 5.41) is 3.47. The normalized spacial score (nSPS) is 13.1. The maximum absolute atomic E-state index is 11.9. The van der Waals surface area contributed by atoms with E-state index < -0.39 is 0 Å². The highest BCUT2D eigenvalue weighted by Crippen LogP contribution is 2.28. The molecule has 2 aromatic rings. The summed E-state index contributed by atoms with van der Waals surface area (Å²) in [5.74, 6) is 0. The van der Waals surface area contributed by atoms with Crippen LogP contribution in [0.25, 0.3) is 11.0 Å². The van der Waals surface area contributed by atoms with E-state index in [9.17, 15) is 4.79 Å². The average molecular weight is 326 g/mol. The van der Waals surface area contributed by atoms with E-state index in [0.29, 0.717) is 0 Å². The molecular formula is C14H20BrN3O. The van der Waals surface area contributed by atoms with E-state index in [4.69, 9.17) is 0 Å². The minimum absolute atomic E-state index is 0.00761. The smallest absolute Gasteiger partial charge is 0.310 e. The summed E-state index contributed by atoms with van der Waals surface area (Å²) >= 11 is 3.61. The van der Waals surface area contributed by atoms with Crippen LogP contribution in [0.1, 0.15) is 31.9 Å². The first-order valence-electron chi connectivity index (χ1n) is 6.55. The number of aryl methyl sites for hydroxylation is 2. The number of halogens is 1. The molecule has 5 heteroatoms. The Balaban J connectivity index is 2.55. The van der Waals surface area contributed by atoms with Gasteiger partial charge in [0.05, 0.1) is 11.0 Å². The maximum Gasteiger partial charge on any atom is 0.328 e. The third-order valence-corrected chi connectivity index (χ3v) is 4.24. The highest BCUT2D eigenvalue weighted by Gasteiger charge is 2.14. The lowest BCUT2D eigenvalue weighted by Gasteiger charge is -2.16. The van der Waals surface area contributed by atoms with E-state index in [2.05, 4.69) is 41.2 Å². The monoisotopic (exact) mass is 325 g/mol. The minimum Gasteiger partial charge on any atom is -0.310 e. The highest BCUT2D eigenvalue weighted by molar-refractivity contribution is 9.10. The molecule has 1 N–H and O–H groups in total. The molecule has 19 heavy (non-hydrogen) atoms. The highest BCUT2D eigenvalue weighted by atomic mass is 79.9. The SMILES string of the molecule is CCCNC(C)c1cc2c(cc1Br)n(C)c(=O)n2C. The Bertz CT molecular complexity index is 657. The number of rotatable bonds is 4. The lowest BCUT2D eigenvalue weighted by Crippen LogP contribution is -2.20. The Kier molecular flexibility index (Phi) is 4.16. The third-order valence-electron chi connectivity index (χ3n) is 3.56. The number of imidazole rings is 1. The van der Waals surface area contributed by atoms with Crippen LogP contribution in [0.3, 0.4) is 0 Å². The zero-order valence-electron chi connectivity index (χ0n) is 11.8. The van der Waals surface area contributed by atoms with Crippen molar-refractivity contribution in [1.82, 2.24) is 14.5 Å². The van der Waals surface area contributed by atoms with Crippen LogP contribution in [-0.4, -0.2) is 15.7 Å². The van der Waals surface area contributed by atoms with Gasteiger partial charge in [-0.25, -0.2) is 4.79 Å². The van der Waals surface area contributed by atoms with E-state index in [-0.39, 0.29) is 11.7 Å². The lowest BCUT2D eigenvalue weighted by atomic mass is 10.1. The van der Waals surface area contributed by atoms with Gasteiger partial charge in [0, 0.05) is 24.6 Å². The summed E-state index contributed by atoms with van der Waals surface area (Å²) < 4.78 is 4.41. The van der Waals surface area contributed by atoms with Crippen LogP contribution in [0.15, 0.2) is 21.4 Å². The van der Waals surface area contributed by atoms with Crippen LogP contribution in [0.4, 0.5) is 0 Å². The molecule has 4 nitrogen and oxygen atoms in total. The van der Waals surface area contributed by atoms with Crippen molar-refractivity contribution >= 4 is 27.0 Å². The Morgan fingerprint density at radius 3 is 2.42 bits per heavy atom. The fourth-order valence-electron chi connectivity index (χ4n) is 2.34. The van der Waals surface area contributed by atoms with Crippen molar-refractivity contribution in [3.05, 3.63) is 32.7 Å². The van der Waals surface area contributed by atoms with E-state index in [1.807, 2.05) is 13.1 Å². The Labute approximate surface area is 121 Å². The molecule has 1 heterocycles. The van der Waals surface area contributed by atoms with Crippen molar-refractivity contribution < 1.29 is 0 Å². The van der Waals surface area contributed by atoms with Gasteiger partial charge in [0.25, 0.3) is 0 Å². The average Bonchev–Trinajstić information content (AvgIpc) is 2.60. The van der Waals surface area contributed by atoms with Gasteiger partial charge in [-0.3, -0.25) is 9.13 Å². The molecule has 0 amide bonds. The van der Waals surface area contributed by atoms with Crippen LogP contribution < -0.4 is 11.0 Å². The van der Waals surface area contributed by atoms with E-state index >= 15 is 0 Å². The number of fused-ring (bicyclic) bond motifs is 1. The zero-order valence-corrected chi connectivity index (χ0v) is 13.4. The van der Waals surface area contributed by atoms with Gasteiger partial charge in [0.2, 0.25) is 0 Å². The molecule has 0 bridgehead atoms. The van der Waals surface area contributed by atoms with Gasteiger partial charge in [-0.15, -0.1) is 0 Å². The second-order valence-corrected chi connectivity index (χ2v) is 5.79. The standard InChI is InChI=1S/C14H20BrN3O/c1-5-6-16-9(2)10-7-12-13(8-11(10)15)18(4)14(19)17(12)3/h7-9,16H,5-6H2,1-4H3. The molecule has 0 fully saturated rings. The topological polar surface area (TPSA) is 39.0 Å². The molecule has 0 aliphatic carbocycles. The van der Waals surface area contributed by atoms with Crippen LogP contribution in [0, 0.1) is 0 Å². The first kappa shape index (κ1) is 14.3. The van der Waals surface area contributed by atoms with Crippen LogP contribution in [-0.2, 0) is 14.1 Å². The number of hydrogen-bond donors (Lipinski definition) is 1. The van der Waals surface area contributed by atoms with Crippen molar-refractivity contribution in [3.8, 4) is 0 Å². The summed E-state index contributed by atoms with van der Waals surface area (Å²) in [7, 11) is 3.61. The Morgan fingerprint density at radius 1 is 1.26 bits per heavy atom. The van der Waals surface area contributed by atoms with E-state index in [1.165, 1.54) is 5.56 Å². The molecule has 0 spiro atoms. The summed E-state index contributed by atoms with van der Waals surface area (Å²) in [6, 6.07) is 4.37. The summed E-state index contributed by atoms with van der Waals surface area (Å²) in [6.07, 6.45) is 1.11. The first-order chi connectivity index (χ1) is 8.97. The quantitative estimate of drug-likeness (QED) is 0.938. The van der Waals surface area contributed by atoms with E-state index in [0.717, 1.165) is 28.5 Å². The lowest BCUT2D eigenvalue weighted by molar-refractivity contribution is 0.569. The van der Waals surface area contributed by atoms with Gasteiger partial charge in [-0.1, -0.05) is 22.9 Å². The molecule has 0 aliphatic heterocycles. The summed E-state index contributed by atoms with van der Waals surface area (Å²) in [4.78, 5) is 11.9. The predicted molar refractivity (Wildman–Crippen MR) is 82.6 cm³/mol. The maximum atomic E-state index is 11.9. The second-order valence-electron chi connectivity index (χ2n) is 4.94. The predicted octanol–water partition coefficient (Wildman–Crippen LogP) is 2.70. The van der Waals surface area contributed by atoms with Crippen LogP contribution in [0.2, 0.25) is 0 Å². The molecule has 104 valence electrons. The number of aromatic nitrogens is 2. The summed E-state index contributed by atoms with van der Waals surface area (Å²) in [5.41, 5.74) is 3.11. The molecule has 0 aliphatic rings. The van der Waals surface area contributed by atoms with Gasteiger partial charge in [-0.05, 0) is 37.6 Å². The fourth-order valence-corrected chi connectivity index (χ4v) is 3.01. The molecule has 0 saturated carbocycles. The number of nitrogens with zero attached hydrogens (tertiary/aromatic N) is 2. The molecule has 1 atom stereocenters. The second kappa shape index (κ2) is 5.51. The van der Waals surface area contributed by atoms with Gasteiger partial charge >= 0.3 is 5.69 Å². The van der Waals surface area contributed by atoms with E-state index in [1.54, 1.807) is 16.2 Å². The van der Waals surface area contributed by atoms with Crippen molar-refractivity contribution in [2.45, 2.75) is 26.3 Å². The molecular weight excluding hydrogens is 306 g/mol. The van der Waals surface area contributed by atoms with Crippen molar-refractivity contribution in [2.24, 2.45) is 14.1 Å². The van der Waals surface area contributed by atoms with Crippen molar-refractivity contribution in [1.29, 1.82) is 0 Å².